The number of anilines is 1. The number of halogens is 3. The van der Waals surface area contributed by atoms with Crippen LogP contribution in [0.25, 0.3) is 28.2 Å². The first-order valence-corrected chi connectivity index (χ1v) is 15.8. The van der Waals surface area contributed by atoms with Gasteiger partial charge in [0, 0.05) is 29.3 Å². The average molecular weight is 664 g/mol. The van der Waals surface area contributed by atoms with E-state index in [1.807, 2.05) is 54.6 Å². The van der Waals surface area contributed by atoms with Crippen LogP contribution in [0.3, 0.4) is 0 Å². The van der Waals surface area contributed by atoms with Crippen LogP contribution >= 0.6 is 0 Å². The Morgan fingerprint density at radius 3 is 2.51 bits per heavy atom. The zero-order valence-electron chi connectivity index (χ0n) is 27.0. The number of nitrogens with zero attached hydrogens (tertiary/aromatic N) is 4. The molecule has 1 aliphatic carbocycles. The number of aromatic nitrogens is 4. The van der Waals surface area contributed by atoms with E-state index in [-0.39, 0.29) is 18.2 Å². The number of amides is 1. The number of methoxy groups -OCH3 is 2. The summed E-state index contributed by atoms with van der Waals surface area (Å²) in [4.78, 5) is 19.2. The molecule has 11 heteroatoms. The molecule has 3 heterocycles. The zero-order valence-corrected chi connectivity index (χ0v) is 27.0. The number of carbonyl (C=O) groups is 1. The molecule has 0 spiro atoms. The molecule has 6 aromatic rings. The van der Waals surface area contributed by atoms with E-state index in [1.54, 1.807) is 26.4 Å². The van der Waals surface area contributed by atoms with Crippen LogP contribution in [0.2, 0.25) is 0 Å². The minimum absolute atomic E-state index is 0.252. The predicted molar refractivity (Wildman–Crippen MR) is 182 cm³/mol. The zero-order chi connectivity index (χ0) is 34.3. The molecule has 1 aliphatic rings. The summed E-state index contributed by atoms with van der Waals surface area (Å²) in [5.74, 6) is 1.63. The molecule has 0 aliphatic heterocycles. The monoisotopic (exact) mass is 663 g/mol. The predicted octanol–water partition coefficient (Wildman–Crippen LogP) is 8.28. The van der Waals surface area contributed by atoms with Gasteiger partial charge >= 0.3 is 6.18 Å². The number of ether oxygens (including phenoxy) is 2. The Hall–Kier alpha value is -5.71. The van der Waals surface area contributed by atoms with Crippen LogP contribution in [-0.2, 0) is 19.0 Å². The molecule has 0 bridgehead atoms. The van der Waals surface area contributed by atoms with E-state index in [9.17, 15) is 18.0 Å². The second-order valence-corrected chi connectivity index (χ2v) is 12.2. The highest BCUT2D eigenvalue weighted by molar-refractivity contribution is 6.14. The average Bonchev–Trinajstić information content (AvgIpc) is 3.49. The van der Waals surface area contributed by atoms with Gasteiger partial charge in [0.05, 0.1) is 36.6 Å². The van der Waals surface area contributed by atoms with Gasteiger partial charge in [0.25, 0.3) is 5.91 Å². The number of hydrogen-bond acceptors (Lipinski definition) is 6. The van der Waals surface area contributed by atoms with Crippen molar-refractivity contribution in [2.45, 2.75) is 32.4 Å². The lowest BCUT2D eigenvalue weighted by atomic mass is 9.80. The lowest BCUT2D eigenvalue weighted by Gasteiger charge is -2.27. The molecule has 3 aromatic carbocycles. The van der Waals surface area contributed by atoms with E-state index in [0.29, 0.717) is 46.2 Å². The number of para-hydroxylation sites is 2. The first kappa shape index (κ1) is 31.9. The number of fused-ring (bicyclic) bond motifs is 3. The van der Waals surface area contributed by atoms with E-state index in [2.05, 4.69) is 28.5 Å². The molecule has 0 saturated carbocycles. The van der Waals surface area contributed by atoms with Gasteiger partial charge in [-0.3, -0.25) is 9.20 Å². The van der Waals surface area contributed by atoms with Gasteiger partial charge in [-0.2, -0.15) is 13.2 Å². The van der Waals surface area contributed by atoms with Crippen LogP contribution in [0.5, 0.6) is 11.5 Å². The third kappa shape index (κ3) is 6.19. The van der Waals surface area contributed by atoms with Crippen LogP contribution < -0.4 is 14.8 Å². The van der Waals surface area contributed by atoms with Crippen molar-refractivity contribution in [2.75, 3.05) is 19.5 Å². The Kier molecular flexibility index (Phi) is 8.27. The summed E-state index contributed by atoms with van der Waals surface area (Å²) in [5.41, 5.74) is 5.77. The molecule has 1 amide bonds. The fourth-order valence-electron chi connectivity index (χ4n) is 6.52. The minimum Gasteiger partial charge on any atom is -0.493 e. The molecule has 49 heavy (non-hydrogen) atoms. The lowest BCUT2D eigenvalue weighted by molar-refractivity contribution is -0.137. The highest BCUT2D eigenvalue weighted by atomic mass is 19.4. The summed E-state index contributed by atoms with van der Waals surface area (Å²) in [5, 5.41) is 11.9. The quantitative estimate of drug-likeness (QED) is 0.185. The topological polar surface area (TPSA) is 90.6 Å². The largest absolute Gasteiger partial charge is 0.493 e. The maximum Gasteiger partial charge on any atom is 0.417 e. The molecule has 0 saturated heterocycles. The van der Waals surface area contributed by atoms with Crippen molar-refractivity contribution in [1.29, 1.82) is 0 Å². The standard InChI is InChI=1S/C38H32F3N5O3/c1-22-17-25(20-24-7-6-10-31(48-2)36(24)49-3)35-29(18-22)34(28-8-4-5-9-30(28)43-35)37(47)42-27-14-11-23(12-15-27)19-33-45-44-32-16-13-26(21-46(32)33)38(39,40)41/h4-16,20-22H,17-19H2,1-3H3,(H,42,47)/b25-20+. The SMILES string of the molecule is COc1cccc(/C=C2\CC(C)Cc3c2nc2ccccc2c3C(=O)Nc2ccc(Cc3nnc4ccc(C(F)(F)F)cn34)cc2)c1OC. The van der Waals surface area contributed by atoms with Crippen molar-refractivity contribution in [1.82, 2.24) is 19.6 Å². The molecular formula is C38H32F3N5O3. The van der Waals surface area contributed by atoms with Crippen LogP contribution in [0.15, 0.2) is 85.1 Å². The van der Waals surface area contributed by atoms with E-state index in [0.717, 1.165) is 52.0 Å². The summed E-state index contributed by atoms with van der Waals surface area (Å²) in [6.45, 7) is 2.16. The molecule has 0 fully saturated rings. The first-order valence-electron chi connectivity index (χ1n) is 15.8. The smallest absolute Gasteiger partial charge is 0.417 e. The van der Waals surface area contributed by atoms with E-state index < -0.39 is 11.7 Å². The van der Waals surface area contributed by atoms with Gasteiger partial charge in [0.15, 0.2) is 17.1 Å². The fraction of sp³-hybridized carbons (Fsp3) is 0.211. The number of nitrogens with one attached hydrogen (secondary N) is 1. The van der Waals surface area contributed by atoms with Gasteiger partial charge in [-0.1, -0.05) is 49.4 Å². The van der Waals surface area contributed by atoms with Crippen molar-refractivity contribution in [3.05, 3.63) is 124 Å². The van der Waals surface area contributed by atoms with Crippen LogP contribution in [-0.4, -0.2) is 39.7 Å². The molecule has 8 nitrogen and oxygen atoms in total. The number of allylic oxidation sites excluding steroid dienone is 1. The third-order valence-corrected chi connectivity index (χ3v) is 8.78. The second kappa shape index (κ2) is 12.7. The van der Waals surface area contributed by atoms with Gasteiger partial charge in [0.2, 0.25) is 0 Å². The maximum absolute atomic E-state index is 14.1. The third-order valence-electron chi connectivity index (χ3n) is 8.78. The molecular weight excluding hydrogens is 631 g/mol. The Labute approximate surface area is 280 Å². The number of carbonyl (C=O) groups excluding carboxylic acids is 1. The molecule has 248 valence electrons. The highest BCUT2D eigenvalue weighted by Gasteiger charge is 2.31. The van der Waals surface area contributed by atoms with E-state index >= 15 is 0 Å². The Balaban J connectivity index is 1.21. The van der Waals surface area contributed by atoms with Crippen molar-refractivity contribution < 1.29 is 27.4 Å². The summed E-state index contributed by atoms with van der Waals surface area (Å²) in [7, 11) is 3.22. The number of alkyl halides is 3. The van der Waals surface area contributed by atoms with Gasteiger partial charge in [-0.15, -0.1) is 10.2 Å². The van der Waals surface area contributed by atoms with Crippen molar-refractivity contribution >= 4 is 39.8 Å². The van der Waals surface area contributed by atoms with Crippen molar-refractivity contribution in [3.8, 4) is 11.5 Å². The Bertz CT molecular complexity index is 2240. The van der Waals surface area contributed by atoms with E-state index in [1.165, 1.54) is 10.5 Å². The summed E-state index contributed by atoms with van der Waals surface area (Å²) >= 11 is 0. The normalized spacial score (nSPS) is 15.4. The summed E-state index contributed by atoms with van der Waals surface area (Å²) < 4.78 is 52.5. The van der Waals surface area contributed by atoms with Gasteiger partial charge in [-0.05, 0) is 77.9 Å². The first-order chi connectivity index (χ1) is 23.6. The highest BCUT2D eigenvalue weighted by Crippen LogP contribution is 2.41. The van der Waals surface area contributed by atoms with Crippen LogP contribution in [0.4, 0.5) is 18.9 Å². The molecule has 1 N–H and O–H groups in total. The van der Waals surface area contributed by atoms with Crippen molar-refractivity contribution in [2.24, 2.45) is 5.92 Å². The van der Waals surface area contributed by atoms with Crippen molar-refractivity contribution in [3.63, 3.8) is 0 Å². The Morgan fingerprint density at radius 2 is 1.76 bits per heavy atom. The molecule has 0 radical (unpaired) electrons. The number of pyridine rings is 2. The van der Waals surface area contributed by atoms with Crippen LogP contribution in [0.1, 0.15) is 57.5 Å². The second-order valence-electron chi connectivity index (χ2n) is 12.2. The minimum atomic E-state index is -4.48. The molecule has 1 atom stereocenters. The summed E-state index contributed by atoms with van der Waals surface area (Å²) in [6.07, 6.45) is 0.316. The molecule has 1 unspecified atom stereocenters. The lowest BCUT2D eigenvalue weighted by Crippen LogP contribution is -2.21. The Morgan fingerprint density at radius 1 is 0.959 bits per heavy atom. The maximum atomic E-state index is 14.1. The van der Waals surface area contributed by atoms with E-state index in [4.69, 9.17) is 14.5 Å². The van der Waals surface area contributed by atoms with Gasteiger partial charge in [0.1, 0.15) is 5.82 Å². The van der Waals surface area contributed by atoms with Gasteiger partial charge < -0.3 is 14.8 Å². The molecule has 3 aromatic heterocycles. The number of rotatable bonds is 7. The number of benzene rings is 3. The molecule has 7 rings (SSSR count). The number of hydrogen-bond donors (Lipinski definition) is 1. The van der Waals surface area contributed by atoms with Gasteiger partial charge in [-0.25, -0.2) is 4.98 Å². The van der Waals surface area contributed by atoms with Crippen LogP contribution in [0, 0.1) is 5.92 Å². The fourth-order valence-corrected chi connectivity index (χ4v) is 6.52. The summed E-state index contributed by atoms with van der Waals surface area (Å²) in [6, 6.07) is 22.8.